The number of piperazine rings is 1. The van der Waals surface area contributed by atoms with Gasteiger partial charge in [0, 0.05) is 63.0 Å². The highest BCUT2D eigenvalue weighted by atomic mass is 16.5. The molecule has 0 amide bonds. The third kappa shape index (κ3) is 5.37. The van der Waals surface area contributed by atoms with Crippen molar-refractivity contribution in [3.63, 3.8) is 0 Å². The van der Waals surface area contributed by atoms with E-state index in [1.807, 2.05) is 36.5 Å². The van der Waals surface area contributed by atoms with E-state index in [2.05, 4.69) is 33.9 Å². The van der Waals surface area contributed by atoms with Crippen LogP contribution < -0.4 is 14.2 Å². The van der Waals surface area contributed by atoms with Crippen LogP contribution in [-0.4, -0.2) is 87.6 Å². The summed E-state index contributed by atoms with van der Waals surface area (Å²) in [6.45, 7) is 9.55. The van der Waals surface area contributed by atoms with E-state index in [1.165, 1.54) is 11.1 Å². The lowest BCUT2D eigenvalue weighted by Crippen LogP contribution is -2.51. The van der Waals surface area contributed by atoms with E-state index >= 15 is 0 Å². The molecule has 5 rings (SSSR count). The van der Waals surface area contributed by atoms with Crippen LogP contribution in [0.25, 0.3) is 11.6 Å². The maximum absolute atomic E-state index is 6.24. The van der Waals surface area contributed by atoms with E-state index in [9.17, 15) is 0 Å². The summed E-state index contributed by atoms with van der Waals surface area (Å²) in [5.74, 6) is 2.49. The van der Waals surface area contributed by atoms with Gasteiger partial charge in [-0.25, -0.2) is 0 Å². The first-order chi connectivity index (χ1) is 17.1. The molecule has 3 aliphatic rings. The summed E-state index contributed by atoms with van der Waals surface area (Å²) < 4.78 is 23.4. The molecule has 1 aromatic carbocycles. The van der Waals surface area contributed by atoms with Gasteiger partial charge in [0.05, 0.1) is 39.2 Å². The summed E-state index contributed by atoms with van der Waals surface area (Å²) in [7, 11) is 3.32. The van der Waals surface area contributed by atoms with Crippen molar-refractivity contribution < 1.29 is 18.9 Å². The molecule has 0 saturated carbocycles. The summed E-state index contributed by atoms with van der Waals surface area (Å²) in [4.78, 5) is 9.47. The molecule has 0 spiro atoms. The summed E-state index contributed by atoms with van der Waals surface area (Å²) in [5.41, 5.74) is 4.76. The lowest BCUT2D eigenvalue weighted by molar-refractivity contribution is -0.0119. The van der Waals surface area contributed by atoms with Gasteiger partial charge in [-0.1, -0.05) is 17.7 Å². The minimum Gasteiger partial charge on any atom is -0.493 e. The highest BCUT2D eigenvalue weighted by molar-refractivity contribution is 5.77. The third-order valence-corrected chi connectivity index (χ3v) is 7.14. The quantitative estimate of drug-likeness (QED) is 0.604. The van der Waals surface area contributed by atoms with Gasteiger partial charge in [-0.05, 0) is 36.8 Å². The summed E-state index contributed by atoms with van der Waals surface area (Å²) in [5, 5.41) is 0. The number of rotatable bonds is 7. The second-order valence-electron chi connectivity index (χ2n) is 9.47. The van der Waals surface area contributed by atoms with Gasteiger partial charge in [0.1, 0.15) is 5.75 Å². The van der Waals surface area contributed by atoms with Crippen molar-refractivity contribution in [1.82, 2.24) is 14.8 Å². The van der Waals surface area contributed by atoms with Gasteiger partial charge in [-0.2, -0.15) is 0 Å². The number of nitrogens with zero attached hydrogens (tertiary/aromatic N) is 3. The Hall–Kier alpha value is -2.87. The van der Waals surface area contributed by atoms with Crippen LogP contribution >= 0.6 is 0 Å². The zero-order chi connectivity index (χ0) is 24.2. The van der Waals surface area contributed by atoms with E-state index in [4.69, 9.17) is 18.9 Å². The molecule has 0 bridgehead atoms. The van der Waals surface area contributed by atoms with Gasteiger partial charge in [0.2, 0.25) is 0 Å². The molecular formula is C28H35N3O4. The second kappa shape index (κ2) is 10.8. The molecule has 0 aliphatic carbocycles. The molecule has 2 atom stereocenters. The van der Waals surface area contributed by atoms with Crippen LogP contribution in [0.4, 0.5) is 0 Å². The molecule has 7 heteroatoms. The highest BCUT2D eigenvalue weighted by Gasteiger charge is 2.37. The number of fused-ring (bicyclic) bond motifs is 3. The van der Waals surface area contributed by atoms with Crippen LogP contribution in [0.1, 0.15) is 18.2 Å². The van der Waals surface area contributed by atoms with Gasteiger partial charge in [0.15, 0.2) is 11.5 Å². The van der Waals surface area contributed by atoms with Crippen LogP contribution in [0.2, 0.25) is 0 Å². The number of ether oxygens (including phenoxy) is 4. The molecule has 1 fully saturated rings. The fourth-order valence-electron chi connectivity index (χ4n) is 5.30. The Balaban J connectivity index is 1.18. The van der Waals surface area contributed by atoms with E-state index in [0.29, 0.717) is 19.0 Å². The lowest BCUT2D eigenvalue weighted by Gasteiger charge is -2.41. The van der Waals surface area contributed by atoms with E-state index in [0.717, 1.165) is 62.0 Å². The number of pyridine rings is 1. The van der Waals surface area contributed by atoms with Crippen molar-refractivity contribution in [3.8, 4) is 17.2 Å². The fraction of sp³-hybridized carbons (Fsp3) is 0.464. The maximum Gasteiger partial charge on any atom is 0.164 e. The Bertz CT molecular complexity index is 1080. The number of benzene rings is 1. The van der Waals surface area contributed by atoms with Crippen molar-refractivity contribution in [2.75, 3.05) is 66.7 Å². The first-order valence-electron chi connectivity index (χ1n) is 12.4. The minimum absolute atomic E-state index is 0.119. The molecule has 2 aromatic rings. The predicted molar refractivity (Wildman–Crippen MR) is 137 cm³/mol. The molecule has 7 nitrogen and oxygen atoms in total. The summed E-state index contributed by atoms with van der Waals surface area (Å²) in [6, 6.07) is 10.00. The Morgan fingerprint density at radius 1 is 1.09 bits per heavy atom. The zero-order valence-corrected chi connectivity index (χ0v) is 20.9. The SMILES string of the molecule is COc1cc2c(cc1OC)C1=CCOC(CN3CCN(C/C(C)=C/c4ccccn4)CC3)C1CO2. The Morgan fingerprint density at radius 2 is 1.86 bits per heavy atom. The Kier molecular flexibility index (Phi) is 7.37. The number of aromatic nitrogens is 1. The standard InChI is InChI=1S/C28H35N3O4/c1-20(14-21-6-4-5-8-29-21)17-30-9-11-31(12-10-30)18-28-24-19-35-25-16-27(33-3)26(32-2)15-23(25)22(24)7-13-34-28/h4-8,14-16,24,28H,9-13,17-19H2,1-3H3/b20-14+. The van der Waals surface area contributed by atoms with E-state index in [1.54, 1.807) is 14.2 Å². The van der Waals surface area contributed by atoms with Crippen molar-refractivity contribution in [2.45, 2.75) is 13.0 Å². The summed E-state index contributed by atoms with van der Waals surface area (Å²) in [6.07, 6.45) is 6.34. The predicted octanol–water partition coefficient (Wildman–Crippen LogP) is 3.61. The third-order valence-electron chi connectivity index (χ3n) is 7.14. The molecule has 3 aliphatic heterocycles. The fourth-order valence-corrected chi connectivity index (χ4v) is 5.30. The Morgan fingerprint density at radius 3 is 2.60 bits per heavy atom. The largest absolute Gasteiger partial charge is 0.493 e. The minimum atomic E-state index is 0.119. The van der Waals surface area contributed by atoms with Gasteiger partial charge in [-0.15, -0.1) is 0 Å². The molecule has 4 heterocycles. The average molecular weight is 478 g/mol. The normalized spacial score (nSPS) is 23.1. The van der Waals surface area contributed by atoms with Gasteiger partial charge >= 0.3 is 0 Å². The van der Waals surface area contributed by atoms with E-state index in [-0.39, 0.29) is 12.0 Å². The van der Waals surface area contributed by atoms with Crippen LogP contribution in [0.15, 0.2) is 48.2 Å². The number of methoxy groups -OCH3 is 2. The van der Waals surface area contributed by atoms with Gasteiger partial charge in [-0.3, -0.25) is 14.8 Å². The monoisotopic (exact) mass is 477 g/mol. The van der Waals surface area contributed by atoms with Crippen LogP contribution in [-0.2, 0) is 4.74 Å². The highest BCUT2D eigenvalue weighted by Crippen LogP contribution is 2.45. The lowest BCUT2D eigenvalue weighted by atomic mass is 9.84. The number of hydrogen-bond donors (Lipinski definition) is 0. The smallest absolute Gasteiger partial charge is 0.164 e. The molecule has 2 unspecified atom stereocenters. The van der Waals surface area contributed by atoms with Gasteiger partial charge in [0.25, 0.3) is 0 Å². The number of hydrogen-bond acceptors (Lipinski definition) is 7. The molecular weight excluding hydrogens is 442 g/mol. The average Bonchev–Trinajstić information content (AvgIpc) is 2.89. The van der Waals surface area contributed by atoms with Crippen molar-refractivity contribution in [3.05, 3.63) is 59.4 Å². The van der Waals surface area contributed by atoms with Crippen molar-refractivity contribution >= 4 is 11.6 Å². The molecule has 1 aromatic heterocycles. The zero-order valence-electron chi connectivity index (χ0n) is 20.9. The summed E-state index contributed by atoms with van der Waals surface area (Å²) >= 11 is 0. The maximum atomic E-state index is 6.24. The van der Waals surface area contributed by atoms with Crippen molar-refractivity contribution in [1.29, 1.82) is 0 Å². The molecule has 0 N–H and O–H groups in total. The first-order valence-corrected chi connectivity index (χ1v) is 12.4. The van der Waals surface area contributed by atoms with Crippen LogP contribution in [0, 0.1) is 5.92 Å². The second-order valence-corrected chi connectivity index (χ2v) is 9.47. The van der Waals surface area contributed by atoms with Crippen LogP contribution in [0.5, 0.6) is 17.2 Å². The van der Waals surface area contributed by atoms with E-state index < -0.39 is 0 Å². The first kappa shape index (κ1) is 23.9. The Labute approximate surface area is 207 Å². The van der Waals surface area contributed by atoms with Gasteiger partial charge < -0.3 is 18.9 Å². The molecule has 35 heavy (non-hydrogen) atoms. The van der Waals surface area contributed by atoms with Crippen LogP contribution in [0.3, 0.4) is 0 Å². The molecule has 1 saturated heterocycles. The topological polar surface area (TPSA) is 56.3 Å². The van der Waals surface area contributed by atoms with Crippen molar-refractivity contribution in [2.24, 2.45) is 5.92 Å². The molecule has 0 radical (unpaired) electrons. The molecule has 186 valence electrons.